The lowest BCUT2D eigenvalue weighted by Gasteiger charge is -2.32. The second-order valence-corrected chi connectivity index (χ2v) is 9.48. The van der Waals surface area contributed by atoms with Gasteiger partial charge in [-0.05, 0) is 71.5 Å². The molecule has 4 aromatic carbocycles. The minimum atomic E-state index is -0.234. The number of rotatable bonds is 14. The van der Waals surface area contributed by atoms with E-state index in [2.05, 4.69) is 36.4 Å². The third kappa shape index (κ3) is 6.01. The van der Waals surface area contributed by atoms with E-state index in [4.69, 9.17) is 24.7 Å². The molecule has 5 nitrogen and oxygen atoms in total. The third-order valence-electron chi connectivity index (χ3n) is 7.12. The van der Waals surface area contributed by atoms with E-state index >= 15 is 0 Å². The van der Waals surface area contributed by atoms with E-state index in [9.17, 15) is 0 Å². The molecule has 0 fully saturated rings. The lowest BCUT2D eigenvalue weighted by Crippen LogP contribution is -2.30. The van der Waals surface area contributed by atoms with Crippen molar-refractivity contribution in [2.75, 3.05) is 45.4 Å². The molecule has 0 spiro atoms. The molecule has 1 aliphatic rings. The Bertz CT molecular complexity index is 1240. The van der Waals surface area contributed by atoms with Crippen LogP contribution in [0.2, 0.25) is 0 Å². The van der Waals surface area contributed by atoms with Crippen LogP contribution in [0.1, 0.15) is 24.0 Å². The van der Waals surface area contributed by atoms with Crippen molar-refractivity contribution in [3.8, 4) is 22.6 Å². The van der Waals surface area contributed by atoms with Crippen LogP contribution < -0.4 is 15.2 Å². The molecule has 0 bridgehead atoms. The summed E-state index contributed by atoms with van der Waals surface area (Å²) < 4.78 is 23.7. The van der Waals surface area contributed by atoms with E-state index < -0.39 is 0 Å². The van der Waals surface area contributed by atoms with Gasteiger partial charge in [0.2, 0.25) is 0 Å². The van der Waals surface area contributed by atoms with E-state index in [0.717, 1.165) is 30.0 Å². The summed E-state index contributed by atoms with van der Waals surface area (Å²) in [5.41, 5.74) is 11.9. The summed E-state index contributed by atoms with van der Waals surface area (Å²) in [6.45, 7) is 3.31. The average molecular weight is 510 g/mol. The van der Waals surface area contributed by atoms with Gasteiger partial charge in [-0.15, -0.1) is 0 Å². The molecule has 0 saturated heterocycles. The molecule has 1 aliphatic carbocycles. The fourth-order valence-corrected chi connectivity index (χ4v) is 5.30. The number of nitrogen functional groups attached to an aromatic ring is 1. The minimum Gasteiger partial charge on any atom is -0.491 e. The van der Waals surface area contributed by atoms with Crippen LogP contribution in [-0.4, -0.2) is 39.6 Å². The predicted molar refractivity (Wildman–Crippen MR) is 152 cm³/mol. The van der Waals surface area contributed by atoms with Gasteiger partial charge in [-0.1, -0.05) is 66.7 Å². The van der Waals surface area contributed by atoms with Crippen LogP contribution >= 0.6 is 0 Å². The van der Waals surface area contributed by atoms with Crippen LogP contribution in [0.25, 0.3) is 11.1 Å². The number of para-hydroxylation sites is 2. The maximum Gasteiger partial charge on any atom is 0.119 e. The summed E-state index contributed by atoms with van der Waals surface area (Å²) >= 11 is 0. The smallest absolute Gasteiger partial charge is 0.119 e. The first-order chi connectivity index (χ1) is 18.8. The number of hydrogen-bond donors (Lipinski definition) is 1. The Kier molecular flexibility index (Phi) is 8.59. The maximum atomic E-state index is 6.29. The second-order valence-electron chi connectivity index (χ2n) is 9.48. The molecule has 0 radical (unpaired) electrons. The highest BCUT2D eigenvalue weighted by Gasteiger charge is 2.42. The summed E-state index contributed by atoms with van der Waals surface area (Å²) in [4.78, 5) is 0. The Morgan fingerprint density at radius 3 is 1.63 bits per heavy atom. The molecule has 0 aromatic heterocycles. The summed E-state index contributed by atoms with van der Waals surface area (Å²) in [7, 11) is 0. The number of nitrogens with two attached hydrogens (primary N) is 1. The van der Waals surface area contributed by atoms with Gasteiger partial charge < -0.3 is 24.7 Å². The summed E-state index contributed by atoms with van der Waals surface area (Å²) in [5, 5.41) is 0. The highest BCUT2D eigenvalue weighted by molar-refractivity contribution is 5.82. The number of anilines is 1. The van der Waals surface area contributed by atoms with Crippen LogP contribution in [-0.2, 0) is 14.9 Å². The first kappa shape index (κ1) is 25.8. The first-order valence-electron chi connectivity index (χ1n) is 13.3. The van der Waals surface area contributed by atoms with Crippen molar-refractivity contribution in [2.45, 2.75) is 18.3 Å². The topological polar surface area (TPSA) is 62.9 Å². The van der Waals surface area contributed by atoms with Crippen LogP contribution in [0.3, 0.4) is 0 Å². The quantitative estimate of drug-likeness (QED) is 0.155. The Labute approximate surface area is 225 Å². The van der Waals surface area contributed by atoms with Gasteiger partial charge in [0.05, 0.1) is 13.2 Å². The van der Waals surface area contributed by atoms with Gasteiger partial charge in [-0.3, -0.25) is 0 Å². The van der Waals surface area contributed by atoms with Gasteiger partial charge in [0.15, 0.2) is 0 Å². The lowest BCUT2D eigenvalue weighted by molar-refractivity contribution is 0.0706. The van der Waals surface area contributed by atoms with E-state index in [1.807, 2.05) is 66.7 Å². The van der Waals surface area contributed by atoms with Crippen LogP contribution in [0.15, 0.2) is 103 Å². The molecular weight excluding hydrogens is 474 g/mol. The van der Waals surface area contributed by atoms with E-state index in [1.54, 1.807) is 0 Å². The molecule has 4 aromatic rings. The van der Waals surface area contributed by atoms with Crippen molar-refractivity contribution < 1.29 is 18.9 Å². The van der Waals surface area contributed by atoms with Crippen molar-refractivity contribution in [3.05, 3.63) is 114 Å². The largest absolute Gasteiger partial charge is 0.491 e. The van der Waals surface area contributed by atoms with Crippen molar-refractivity contribution in [2.24, 2.45) is 0 Å². The van der Waals surface area contributed by atoms with Crippen molar-refractivity contribution in [1.29, 1.82) is 0 Å². The summed E-state index contributed by atoms with van der Waals surface area (Å²) in [6.07, 6.45) is 1.66. The maximum absolute atomic E-state index is 6.29. The number of ether oxygens (including phenoxy) is 4. The van der Waals surface area contributed by atoms with Gasteiger partial charge in [0.25, 0.3) is 0 Å². The zero-order chi connectivity index (χ0) is 26.0. The fraction of sp³-hybridized carbons (Fsp3) is 0.273. The van der Waals surface area contributed by atoms with Crippen LogP contribution in [0, 0.1) is 0 Å². The van der Waals surface area contributed by atoms with Gasteiger partial charge in [0.1, 0.15) is 24.7 Å². The monoisotopic (exact) mass is 509 g/mol. The third-order valence-corrected chi connectivity index (χ3v) is 7.12. The predicted octanol–water partition coefficient (Wildman–Crippen LogP) is 6.51. The Hall–Kier alpha value is -3.80. The average Bonchev–Trinajstić information content (AvgIpc) is 3.22. The van der Waals surface area contributed by atoms with E-state index in [1.165, 1.54) is 22.3 Å². The first-order valence-corrected chi connectivity index (χ1v) is 13.3. The van der Waals surface area contributed by atoms with Crippen molar-refractivity contribution in [1.82, 2.24) is 0 Å². The molecule has 38 heavy (non-hydrogen) atoms. The summed E-state index contributed by atoms with van der Waals surface area (Å²) in [5.74, 6) is 1.71. The van der Waals surface area contributed by atoms with E-state index in [0.29, 0.717) is 39.6 Å². The number of hydrogen-bond acceptors (Lipinski definition) is 5. The van der Waals surface area contributed by atoms with Gasteiger partial charge in [-0.2, -0.15) is 0 Å². The molecule has 0 atom stereocenters. The number of benzene rings is 4. The van der Waals surface area contributed by atoms with Crippen LogP contribution in [0.4, 0.5) is 5.69 Å². The Morgan fingerprint density at radius 1 is 0.500 bits per heavy atom. The molecule has 5 rings (SSSR count). The summed E-state index contributed by atoms with van der Waals surface area (Å²) in [6, 6.07) is 34.6. The number of fused-ring (bicyclic) bond motifs is 3. The van der Waals surface area contributed by atoms with Gasteiger partial charge in [0, 0.05) is 24.3 Å². The molecule has 196 valence electrons. The zero-order valence-electron chi connectivity index (χ0n) is 21.7. The zero-order valence-corrected chi connectivity index (χ0v) is 21.7. The van der Waals surface area contributed by atoms with Gasteiger partial charge in [-0.25, -0.2) is 0 Å². The molecule has 5 heteroatoms. The van der Waals surface area contributed by atoms with Crippen molar-refractivity contribution in [3.63, 3.8) is 0 Å². The fourth-order valence-electron chi connectivity index (χ4n) is 5.30. The van der Waals surface area contributed by atoms with Crippen molar-refractivity contribution >= 4 is 5.69 Å². The molecule has 0 aliphatic heterocycles. The molecule has 2 N–H and O–H groups in total. The van der Waals surface area contributed by atoms with Gasteiger partial charge >= 0.3 is 0 Å². The van der Waals surface area contributed by atoms with E-state index in [-0.39, 0.29) is 5.41 Å². The molecular formula is C33H35NO4. The SMILES string of the molecule is Nc1ccc2c(c1)C(CCOCCOc1ccccc1)(CCOCCOc1ccccc1)c1ccccc1-2. The standard InChI is InChI=1S/C33H35NO4/c34-26-15-16-30-29-13-7-8-14-31(29)33(32(30)25-26,17-19-35-21-23-37-27-9-3-1-4-10-27)18-20-36-22-24-38-28-11-5-2-6-12-28/h1-16,25H,17-24,34H2. The highest BCUT2D eigenvalue weighted by Crippen LogP contribution is 2.53. The second kappa shape index (κ2) is 12.6. The molecule has 0 saturated carbocycles. The molecule has 0 unspecified atom stereocenters. The van der Waals surface area contributed by atoms with Crippen LogP contribution in [0.5, 0.6) is 11.5 Å². The minimum absolute atomic E-state index is 0.234. The normalized spacial score (nSPS) is 13.1. The lowest BCUT2D eigenvalue weighted by atomic mass is 9.73. The Morgan fingerprint density at radius 2 is 1.03 bits per heavy atom. The Balaban J connectivity index is 1.23. The molecule has 0 amide bonds. The molecule has 0 heterocycles. The highest BCUT2D eigenvalue weighted by atomic mass is 16.5.